The highest BCUT2D eigenvalue weighted by molar-refractivity contribution is 7.12. The second-order valence-corrected chi connectivity index (χ2v) is 5.99. The van der Waals surface area contributed by atoms with Gasteiger partial charge in [-0.05, 0) is 36.8 Å². The van der Waals surface area contributed by atoms with Crippen molar-refractivity contribution in [1.82, 2.24) is 9.80 Å². The first kappa shape index (κ1) is 13.6. The fourth-order valence-corrected chi connectivity index (χ4v) is 3.60. The quantitative estimate of drug-likeness (QED) is 0.780. The van der Waals surface area contributed by atoms with Crippen LogP contribution in [0.2, 0.25) is 0 Å². The van der Waals surface area contributed by atoms with Gasteiger partial charge < -0.3 is 9.80 Å². The number of carbonyl (C=O) groups excluding carboxylic acids is 1. The lowest BCUT2D eigenvalue weighted by atomic mass is 9.98. The van der Waals surface area contributed by atoms with E-state index in [0.29, 0.717) is 5.92 Å². The van der Waals surface area contributed by atoms with Gasteiger partial charge >= 0.3 is 0 Å². The average Bonchev–Trinajstić information content (AvgIpc) is 2.83. The molecule has 0 aromatic carbocycles. The minimum atomic E-state index is 0. The molecule has 18 heavy (non-hydrogen) atoms. The minimum Gasteiger partial charge on any atom is -0.336 e. The molecule has 3 heterocycles. The van der Waals surface area contributed by atoms with Gasteiger partial charge in [0.25, 0.3) is 5.91 Å². The maximum Gasteiger partial charge on any atom is 0.263 e. The van der Waals surface area contributed by atoms with E-state index in [1.807, 2.05) is 17.5 Å². The van der Waals surface area contributed by atoms with Crippen molar-refractivity contribution < 1.29 is 4.79 Å². The molecule has 1 amide bonds. The monoisotopic (exact) mass is 266 g/mol. The summed E-state index contributed by atoms with van der Waals surface area (Å²) in [6.45, 7) is 5.31. The molecule has 2 saturated heterocycles. The maximum atomic E-state index is 12.3. The minimum absolute atomic E-state index is 0. The van der Waals surface area contributed by atoms with Crippen LogP contribution in [0.25, 0.3) is 0 Å². The molecule has 0 saturated carbocycles. The number of nitrogens with zero attached hydrogens (tertiary/aromatic N) is 2. The zero-order chi connectivity index (χ0) is 11.7. The molecule has 0 radical (unpaired) electrons. The van der Waals surface area contributed by atoms with Gasteiger partial charge in [-0.15, -0.1) is 11.3 Å². The second-order valence-electron chi connectivity index (χ2n) is 5.04. The third-order valence-corrected chi connectivity index (χ3v) is 4.64. The maximum absolute atomic E-state index is 12.3. The smallest absolute Gasteiger partial charge is 0.263 e. The SMILES string of the molecule is C.O=C(c1cccs1)N1CCN2CCCC(C2)C1. The predicted molar refractivity (Wildman–Crippen MR) is 76.1 cm³/mol. The van der Waals surface area contributed by atoms with Crippen LogP contribution < -0.4 is 0 Å². The van der Waals surface area contributed by atoms with Crippen LogP contribution in [0.1, 0.15) is 29.9 Å². The Hall–Kier alpha value is -0.870. The fraction of sp³-hybridized carbons (Fsp3) is 0.643. The summed E-state index contributed by atoms with van der Waals surface area (Å²) in [5.41, 5.74) is 0. The molecule has 2 aliphatic rings. The first-order valence-electron chi connectivity index (χ1n) is 6.38. The zero-order valence-corrected chi connectivity index (χ0v) is 10.8. The van der Waals surface area contributed by atoms with E-state index >= 15 is 0 Å². The average molecular weight is 266 g/mol. The molecule has 2 unspecified atom stereocenters. The van der Waals surface area contributed by atoms with Crippen molar-refractivity contribution in [2.75, 3.05) is 32.7 Å². The largest absolute Gasteiger partial charge is 0.336 e. The Morgan fingerprint density at radius 1 is 1.28 bits per heavy atom. The molecule has 3 nitrogen and oxygen atoms in total. The normalized spacial score (nSPS) is 27.2. The van der Waals surface area contributed by atoms with Crippen molar-refractivity contribution in [3.8, 4) is 0 Å². The number of carbonyl (C=O) groups is 1. The number of hydrogen-bond donors (Lipinski definition) is 0. The summed E-state index contributed by atoms with van der Waals surface area (Å²) in [7, 11) is 0. The van der Waals surface area contributed by atoms with Gasteiger partial charge in [0.05, 0.1) is 4.88 Å². The number of hydrogen-bond acceptors (Lipinski definition) is 3. The van der Waals surface area contributed by atoms with E-state index in [2.05, 4.69) is 9.80 Å². The molecule has 1 aromatic rings. The molecule has 0 N–H and O–H groups in total. The van der Waals surface area contributed by atoms with Crippen LogP contribution in [0.15, 0.2) is 17.5 Å². The lowest BCUT2D eigenvalue weighted by Crippen LogP contribution is -2.35. The van der Waals surface area contributed by atoms with Crippen molar-refractivity contribution in [2.24, 2.45) is 5.92 Å². The molecule has 0 aliphatic carbocycles. The van der Waals surface area contributed by atoms with E-state index in [-0.39, 0.29) is 13.3 Å². The van der Waals surface area contributed by atoms with E-state index in [1.54, 1.807) is 11.3 Å². The van der Waals surface area contributed by atoms with Crippen LogP contribution in [-0.2, 0) is 0 Å². The summed E-state index contributed by atoms with van der Waals surface area (Å²) in [4.78, 5) is 17.8. The van der Waals surface area contributed by atoms with Gasteiger partial charge in [0.2, 0.25) is 0 Å². The Morgan fingerprint density at radius 2 is 2.17 bits per heavy atom. The Bertz CT molecular complexity index is 391. The molecule has 3 rings (SSSR count). The summed E-state index contributed by atoms with van der Waals surface area (Å²) in [5.74, 6) is 0.920. The van der Waals surface area contributed by atoms with Gasteiger partial charge in [0.1, 0.15) is 0 Å². The van der Waals surface area contributed by atoms with E-state index in [0.717, 1.165) is 24.5 Å². The van der Waals surface area contributed by atoms with Gasteiger partial charge in [-0.3, -0.25) is 4.79 Å². The van der Waals surface area contributed by atoms with Crippen molar-refractivity contribution in [3.05, 3.63) is 22.4 Å². The number of rotatable bonds is 1. The third kappa shape index (κ3) is 2.75. The topological polar surface area (TPSA) is 23.6 Å². The lowest BCUT2D eigenvalue weighted by Gasteiger charge is -2.29. The van der Waals surface area contributed by atoms with Gasteiger partial charge in [-0.25, -0.2) is 0 Å². The molecule has 1 aromatic heterocycles. The highest BCUT2D eigenvalue weighted by Gasteiger charge is 2.28. The molecule has 4 heteroatoms. The summed E-state index contributed by atoms with van der Waals surface area (Å²) < 4.78 is 0. The Kier molecular flexibility index (Phi) is 4.40. The predicted octanol–water partition coefficient (Wildman–Crippen LogP) is 2.55. The second kappa shape index (κ2) is 5.85. The summed E-state index contributed by atoms with van der Waals surface area (Å²) in [5, 5.41) is 1.98. The number of thiophene rings is 1. The molecular weight excluding hydrogens is 244 g/mol. The molecule has 2 atom stereocenters. The summed E-state index contributed by atoms with van der Waals surface area (Å²) in [6.07, 6.45) is 2.58. The Labute approximate surface area is 113 Å². The van der Waals surface area contributed by atoms with Crippen LogP contribution in [0.3, 0.4) is 0 Å². The van der Waals surface area contributed by atoms with Crippen molar-refractivity contribution in [1.29, 1.82) is 0 Å². The standard InChI is InChI=1S/C13H18N2OS.CH4/c16-13(12-4-2-8-17-12)15-7-6-14-5-1-3-11(9-14)10-15;/h2,4,8,11H,1,3,5-7,9-10H2;1H4. The van der Waals surface area contributed by atoms with Crippen LogP contribution in [-0.4, -0.2) is 48.4 Å². The molecular formula is C14H22N2OS. The lowest BCUT2D eigenvalue weighted by molar-refractivity contribution is 0.0751. The van der Waals surface area contributed by atoms with Crippen molar-refractivity contribution >= 4 is 17.2 Å². The van der Waals surface area contributed by atoms with E-state index in [4.69, 9.17) is 0 Å². The molecule has 2 bridgehead atoms. The number of piperidine rings is 1. The molecule has 2 aliphatic heterocycles. The summed E-state index contributed by atoms with van der Waals surface area (Å²) in [6, 6.07) is 3.89. The van der Waals surface area contributed by atoms with Crippen LogP contribution in [0, 0.1) is 5.92 Å². The zero-order valence-electron chi connectivity index (χ0n) is 9.97. The van der Waals surface area contributed by atoms with Crippen LogP contribution in [0.4, 0.5) is 0 Å². The third-order valence-electron chi connectivity index (χ3n) is 3.79. The number of fused-ring (bicyclic) bond motifs is 2. The first-order chi connectivity index (χ1) is 8.33. The highest BCUT2D eigenvalue weighted by Crippen LogP contribution is 2.22. The first-order valence-corrected chi connectivity index (χ1v) is 7.26. The van der Waals surface area contributed by atoms with Gasteiger partial charge in [-0.1, -0.05) is 13.5 Å². The van der Waals surface area contributed by atoms with Gasteiger partial charge in [0, 0.05) is 26.2 Å². The van der Waals surface area contributed by atoms with Gasteiger partial charge in [0.15, 0.2) is 0 Å². The molecule has 2 fully saturated rings. The Morgan fingerprint density at radius 3 is 2.94 bits per heavy atom. The van der Waals surface area contributed by atoms with E-state index < -0.39 is 0 Å². The van der Waals surface area contributed by atoms with E-state index in [9.17, 15) is 4.79 Å². The Balaban J connectivity index is 0.00000120. The van der Waals surface area contributed by atoms with Gasteiger partial charge in [-0.2, -0.15) is 0 Å². The molecule has 100 valence electrons. The van der Waals surface area contributed by atoms with Crippen LogP contribution >= 0.6 is 11.3 Å². The summed E-state index contributed by atoms with van der Waals surface area (Å²) >= 11 is 1.55. The van der Waals surface area contributed by atoms with Crippen molar-refractivity contribution in [2.45, 2.75) is 20.3 Å². The van der Waals surface area contributed by atoms with Crippen molar-refractivity contribution in [3.63, 3.8) is 0 Å². The molecule has 0 spiro atoms. The fourth-order valence-electron chi connectivity index (χ4n) is 2.91. The highest BCUT2D eigenvalue weighted by atomic mass is 32.1. The van der Waals surface area contributed by atoms with Crippen LogP contribution in [0.5, 0.6) is 0 Å². The number of amides is 1. The van der Waals surface area contributed by atoms with E-state index in [1.165, 1.54) is 25.9 Å².